The van der Waals surface area contributed by atoms with E-state index in [1.165, 1.54) is 5.57 Å². The number of benzene rings is 2. The van der Waals surface area contributed by atoms with Crippen LogP contribution < -0.4 is 23.7 Å². The molecule has 0 spiro atoms. The van der Waals surface area contributed by atoms with Crippen molar-refractivity contribution in [2.75, 3.05) is 13.4 Å². The molecule has 0 fully saturated rings. The largest absolute Gasteiger partial charge is 0.492 e. The molecule has 0 unspecified atom stereocenters. The normalized spacial score (nSPS) is 25.9. The van der Waals surface area contributed by atoms with Crippen LogP contribution in [0.5, 0.6) is 28.7 Å². The maximum absolute atomic E-state index is 6.42. The molecule has 4 aliphatic heterocycles. The van der Waals surface area contributed by atoms with Crippen molar-refractivity contribution in [2.45, 2.75) is 51.2 Å². The second-order valence-corrected chi connectivity index (χ2v) is 9.16. The zero-order chi connectivity index (χ0) is 21.2. The molecule has 0 aliphatic carbocycles. The van der Waals surface area contributed by atoms with Gasteiger partial charge in [0, 0.05) is 17.2 Å². The maximum Gasteiger partial charge on any atom is 0.231 e. The third-order valence-corrected chi connectivity index (χ3v) is 6.56. The lowest BCUT2D eigenvalue weighted by atomic mass is 9.87. The highest BCUT2D eigenvalue weighted by atomic mass is 16.7. The molecule has 4 aliphatic rings. The molecule has 31 heavy (non-hydrogen) atoms. The number of ether oxygens (including phenoxy) is 5. The van der Waals surface area contributed by atoms with Crippen LogP contribution >= 0.6 is 0 Å². The molecule has 0 amide bonds. The van der Waals surface area contributed by atoms with Gasteiger partial charge in [0.05, 0.1) is 18.1 Å². The summed E-state index contributed by atoms with van der Waals surface area (Å²) in [5.41, 5.74) is 4.21. The van der Waals surface area contributed by atoms with Gasteiger partial charge < -0.3 is 23.7 Å². The maximum atomic E-state index is 6.42. The fourth-order valence-electron chi connectivity index (χ4n) is 4.90. The van der Waals surface area contributed by atoms with Crippen LogP contribution in [0.15, 0.2) is 42.0 Å². The number of rotatable bonds is 3. The van der Waals surface area contributed by atoms with Gasteiger partial charge in [0.15, 0.2) is 11.5 Å². The summed E-state index contributed by atoms with van der Waals surface area (Å²) in [6.07, 6.45) is 8.42. The van der Waals surface area contributed by atoms with Crippen molar-refractivity contribution in [1.82, 2.24) is 0 Å². The Morgan fingerprint density at radius 1 is 1.03 bits per heavy atom. The van der Waals surface area contributed by atoms with Gasteiger partial charge in [-0.05, 0) is 64.0 Å². The third-order valence-electron chi connectivity index (χ3n) is 6.56. The van der Waals surface area contributed by atoms with Crippen LogP contribution in [0, 0.1) is 0 Å². The number of allylic oxidation sites excluding steroid dienone is 2. The van der Waals surface area contributed by atoms with Gasteiger partial charge in [0.25, 0.3) is 0 Å². The van der Waals surface area contributed by atoms with Gasteiger partial charge in [-0.2, -0.15) is 0 Å². The lowest BCUT2D eigenvalue weighted by Gasteiger charge is -2.35. The Morgan fingerprint density at radius 3 is 2.71 bits per heavy atom. The van der Waals surface area contributed by atoms with E-state index >= 15 is 0 Å². The second kappa shape index (κ2) is 6.71. The van der Waals surface area contributed by atoms with Crippen molar-refractivity contribution >= 4 is 6.08 Å². The van der Waals surface area contributed by atoms with E-state index in [4.69, 9.17) is 23.7 Å². The molecule has 2 aromatic rings. The number of hydrogen-bond donors (Lipinski definition) is 0. The molecule has 0 bridgehead atoms. The van der Waals surface area contributed by atoms with Crippen LogP contribution in [0.3, 0.4) is 0 Å². The Balaban J connectivity index is 1.30. The molecule has 2 aromatic carbocycles. The number of hydrogen-bond acceptors (Lipinski definition) is 5. The minimum absolute atomic E-state index is 0.0778. The van der Waals surface area contributed by atoms with E-state index in [2.05, 4.69) is 51.1 Å². The summed E-state index contributed by atoms with van der Waals surface area (Å²) in [7, 11) is 0. The van der Waals surface area contributed by atoms with E-state index in [1.54, 1.807) is 0 Å². The van der Waals surface area contributed by atoms with Crippen LogP contribution in [0.2, 0.25) is 0 Å². The molecule has 0 radical (unpaired) electrons. The highest BCUT2D eigenvalue weighted by Crippen LogP contribution is 2.56. The topological polar surface area (TPSA) is 46.2 Å². The molecule has 3 atom stereocenters. The summed E-state index contributed by atoms with van der Waals surface area (Å²) < 4.78 is 30.2. The molecule has 6 rings (SSSR count). The lowest BCUT2D eigenvalue weighted by Crippen LogP contribution is -2.32. The first-order valence-corrected chi connectivity index (χ1v) is 10.9. The molecule has 0 aromatic heterocycles. The van der Waals surface area contributed by atoms with Crippen molar-refractivity contribution in [3.8, 4) is 28.7 Å². The fourth-order valence-corrected chi connectivity index (χ4v) is 4.90. The molecule has 4 heterocycles. The Kier molecular flexibility index (Phi) is 4.04. The van der Waals surface area contributed by atoms with Gasteiger partial charge in [-0.1, -0.05) is 11.6 Å². The van der Waals surface area contributed by atoms with Gasteiger partial charge >= 0.3 is 0 Å². The zero-order valence-corrected chi connectivity index (χ0v) is 18.1. The van der Waals surface area contributed by atoms with E-state index < -0.39 is 0 Å². The smallest absolute Gasteiger partial charge is 0.231 e. The first kappa shape index (κ1) is 18.7. The molecule has 0 N–H and O–H groups in total. The molecule has 5 nitrogen and oxygen atoms in total. The monoisotopic (exact) mass is 418 g/mol. The first-order chi connectivity index (χ1) is 15.0. The molecule has 5 heteroatoms. The van der Waals surface area contributed by atoms with Crippen LogP contribution in [-0.4, -0.2) is 19.0 Å². The average molecular weight is 418 g/mol. The Bertz CT molecular complexity index is 1130. The van der Waals surface area contributed by atoms with Crippen molar-refractivity contribution in [2.24, 2.45) is 0 Å². The highest BCUT2D eigenvalue weighted by molar-refractivity contribution is 5.71. The Labute approximate surface area is 182 Å². The van der Waals surface area contributed by atoms with Gasteiger partial charge in [0.2, 0.25) is 6.79 Å². The summed E-state index contributed by atoms with van der Waals surface area (Å²) >= 11 is 0. The molecule has 0 saturated heterocycles. The second-order valence-electron chi connectivity index (χ2n) is 9.16. The zero-order valence-electron chi connectivity index (χ0n) is 18.1. The Hall–Kier alpha value is -3.08. The summed E-state index contributed by atoms with van der Waals surface area (Å²) in [6, 6.07) is 8.12. The van der Waals surface area contributed by atoms with Gasteiger partial charge in [0.1, 0.15) is 29.0 Å². The van der Waals surface area contributed by atoms with Crippen LogP contribution in [-0.2, 0) is 0 Å². The third kappa shape index (κ3) is 2.98. The first-order valence-electron chi connectivity index (χ1n) is 10.9. The SMILES string of the molecule is CC(C)=CCC[C@@]1(C)C=Cc2c(ccc3c2OC[C@H]2c4cc5c(cc4O[C@H]32)OCO5)O1. The van der Waals surface area contributed by atoms with Gasteiger partial charge in [-0.3, -0.25) is 0 Å². The summed E-state index contributed by atoms with van der Waals surface area (Å²) in [6.45, 7) is 7.22. The van der Waals surface area contributed by atoms with Crippen LogP contribution in [0.1, 0.15) is 62.3 Å². The van der Waals surface area contributed by atoms with E-state index in [-0.39, 0.29) is 24.4 Å². The minimum Gasteiger partial charge on any atom is -0.492 e. The Morgan fingerprint density at radius 2 is 1.87 bits per heavy atom. The van der Waals surface area contributed by atoms with E-state index in [1.807, 2.05) is 12.1 Å². The highest BCUT2D eigenvalue weighted by Gasteiger charge is 2.43. The van der Waals surface area contributed by atoms with Crippen LogP contribution in [0.4, 0.5) is 0 Å². The molecule has 0 saturated carbocycles. The minimum atomic E-state index is -0.314. The predicted molar refractivity (Wildman–Crippen MR) is 117 cm³/mol. The quantitative estimate of drug-likeness (QED) is 0.578. The van der Waals surface area contributed by atoms with Crippen molar-refractivity contribution < 1.29 is 23.7 Å². The standard InChI is InChI=1S/C26H26O5/c1-15(2)5-4-9-26(3)10-8-16-20(31-26)7-6-17-24(16)27-13-19-18-11-22-23(29-14-28-22)12-21(18)30-25(17)19/h5-8,10-12,19,25H,4,9,13-14H2,1-3H3/t19-,25+,26-/m0/s1. The van der Waals surface area contributed by atoms with Gasteiger partial charge in [-0.15, -0.1) is 0 Å². The summed E-state index contributed by atoms with van der Waals surface area (Å²) in [5, 5.41) is 0. The van der Waals surface area contributed by atoms with Crippen molar-refractivity contribution in [3.63, 3.8) is 0 Å². The van der Waals surface area contributed by atoms with E-state index in [0.717, 1.165) is 58.3 Å². The average Bonchev–Trinajstić information content (AvgIpc) is 3.34. The molecule has 160 valence electrons. The molecular weight excluding hydrogens is 392 g/mol. The van der Waals surface area contributed by atoms with E-state index in [9.17, 15) is 0 Å². The number of fused-ring (bicyclic) bond motifs is 8. The van der Waals surface area contributed by atoms with Crippen molar-refractivity contribution in [3.05, 3.63) is 58.7 Å². The van der Waals surface area contributed by atoms with Crippen molar-refractivity contribution in [1.29, 1.82) is 0 Å². The summed E-state index contributed by atoms with van der Waals surface area (Å²) in [5.74, 6) is 4.26. The lowest BCUT2D eigenvalue weighted by molar-refractivity contribution is 0.121. The van der Waals surface area contributed by atoms with E-state index in [0.29, 0.717) is 6.61 Å². The van der Waals surface area contributed by atoms with Gasteiger partial charge in [-0.25, -0.2) is 0 Å². The molecular formula is C26H26O5. The fraction of sp³-hybridized carbons (Fsp3) is 0.385. The van der Waals surface area contributed by atoms with Crippen LogP contribution in [0.25, 0.3) is 6.08 Å². The summed E-state index contributed by atoms with van der Waals surface area (Å²) in [4.78, 5) is 0. The predicted octanol–water partition coefficient (Wildman–Crippen LogP) is 5.94.